The minimum absolute atomic E-state index is 0.321. The zero-order valence-electron chi connectivity index (χ0n) is 9.03. The van der Waals surface area contributed by atoms with Crippen LogP contribution in [0, 0.1) is 5.82 Å². The van der Waals surface area contributed by atoms with E-state index in [0.717, 1.165) is 12.1 Å². The fraction of sp³-hybridized carbons (Fsp3) is 0.455. The highest BCUT2D eigenvalue weighted by atomic mass is 19.4. The first-order chi connectivity index (χ1) is 7.09. The van der Waals surface area contributed by atoms with Gasteiger partial charge in [-0.3, -0.25) is 0 Å². The Kier molecular flexibility index (Phi) is 3.28. The van der Waals surface area contributed by atoms with Gasteiger partial charge in [0.25, 0.3) is 0 Å². The van der Waals surface area contributed by atoms with Crippen LogP contribution < -0.4 is 5.73 Å². The smallest absolute Gasteiger partial charge is 0.325 e. The lowest BCUT2D eigenvalue weighted by Crippen LogP contribution is -2.34. The fourth-order valence-corrected chi connectivity index (χ4v) is 1.42. The Morgan fingerprint density at radius 2 is 1.75 bits per heavy atom. The Morgan fingerprint density at radius 1 is 1.19 bits per heavy atom. The molecule has 0 amide bonds. The van der Waals surface area contributed by atoms with E-state index in [1.807, 2.05) is 0 Å². The summed E-state index contributed by atoms with van der Waals surface area (Å²) in [5.41, 5.74) is 4.33. The molecule has 0 saturated heterocycles. The molecule has 0 bridgehead atoms. The molecule has 5 heteroatoms. The van der Waals surface area contributed by atoms with E-state index in [9.17, 15) is 17.6 Å². The molecule has 16 heavy (non-hydrogen) atoms. The van der Waals surface area contributed by atoms with Gasteiger partial charge in [0.15, 0.2) is 0 Å². The van der Waals surface area contributed by atoms with Crippen molar-refractivity contribution < 1.29 is 17.6 Å². The first kappa shape index (κ1) is 13.0. The zero-order chi connectivity index (χ0) is 12.6. The third-order valence-corrected chi connectivity index (χ3v) is 2.00. The first-order valence-electron chi connectivity index (χ1n) is 4.74. The molecule has 0 aliphatic heterocycles. The molecule has 90 valence electrons. The van der Waals surface area contributed by atoms with Crippen LogP contribution >= 0.6 is 0 Å². The van der Waals surface area contributed by atoms with Crippen molar-refractivity contribution in [2.24, 2.45) is 5.73 Å². The summed E-state index contributed by atoms with van der Waals surface area (Å²) < 4.78 is 49.9. The molecule has 0 fully saturated rings. The average Bonchev–Trinajstić information content (AvgIpc) is 1.97. The van der Waals surface area contributed by atoms with Gasteiger partial charge in [0.05, 0.1) is 5.56 Å². The van der Waals surface area contributed by atoms with Crippen LogP contribution in [0.3, 0.4) is 0 Å². The lowest BCUT2D eigenvalue weighted by Gasteiger charge is -2.19. The van der Waals surface area contributed by atoms with Crippen molar-refractivity contribution in [3.63, 3.8) is 0 Å². The third kappa shape index (κ3) is 3.48. The van der Waals surface area contributed by atoms with Crippen LogP contribution in [0.2, 0.25) is 0 Å². The van der Waals surface area contributed by atoms with E-state index in [2.05, 4.69) is 0 Å². The highest BCUT2D eigenvalue weighted by Gasteiger charge is 2.34. The van der Waals surface area contributed by atoms with E-state index in [4.69, 9.17) is 5.73 Å². The van der Waals surface area contributed by atoms with Crippen molar-refractivity contribution in [1.82, 2.24) is 0 Å². The van der Waals surface area contributed by atoms with Crippen LogP contribution in [0.15, 0.2) is 18.2 Å². The molecule has 0 atom stereocenters. The molecule has 0 aromatic heterocycles. The van der Waals surface area contributed by atoms with E-state index >= 15 is 0 Å². The number of hydrogen-bond donors (Lipinski definition) is 1. The van der Waals surface area contributed by atoms with Crippen LogP contribution in [0.25, 0.3) is 0 Å². The molecule has 0 saturated carbocycles. The maximum absolute atomic E-state index is 13.2. The van der Waals surface area contributed by atoms with Crippen molar-refractivity contribution in [3.8, 4) is 0 Å². The highest BCUT2D eigenvalue weighted by molar-refractivity contribution is 5.27. The summed E-state index contributed by atoms with van der Waals surface area (Å²) in [7, 11) is 0. The predicted molar refractivity (Wildman–Crippen MR) is 53.4 cm³/mol. The minimum atomic E-state index is -4.65. The topological polar surface area (TPSA) is 26.0 Å². The van der Waals surface area contributed by atoms with E-state index in [-0.39, 0.29) is 0 Å². The highest BCUT2D eigenvalue weighted by Crippen LogP contribution is 2.31. The van der Waals surface area contributed by atoms with Gasteiger partial charge in [-0.2, -0.15) is 13.2 Å². The van der Waals surface area contributed by atoms with Crippen molar-refractivity contribution in [2.75, 3.05) is 0 Å². The third-order valence-electron chi connectivity index (χ3n) is 2.00. The molecule has 1 nitrogen and oxygen atoms in total. The Bertz CT molecular complexity index is 377. The van der Waals surface area contributed by atoms with Gasteiger partial charge in [-0.25, -0.2) is 4.39 Å². The summed E-state index contributed by atoms with van der Waals surface area (Å²) in [5.74, 6) is -1.26. The van der Waals surface area contributed by atoms with Crippen molar-refractivity contribution in [2.45, 2.75) is 32.0 Å². The van der Waals surface area contributed by atoms with Gasteiger partial charge in [-0.1, -0.05) is 6.07 Å². The molecule has 0 aliphatic rings. The fourth-order valence-electron chi connectivity index (χ4n) is 1.42. The number of benzene rings is 1. The van der Waals surface area contributed by atoms with Crippen molar-refractivity contribution in [1.29, 1.82) is 0 Å². The van der Waals surface area contributed by atoms with E-state index in [1.54, 1.807) is 13.8 Å². The largest absolute Gasteiger partial charge is 0.419 e. The van der Waals surface area contributed by atoms with Gasteiger partial charge in [-0.05, 0) is 38.0 Å². The number of hydrogen-bond acceptors (Lipinski definition) is 1. The normalized spacial score (nSPS) is 12.9. The SMILES string of the molecule is CC(C)(N)Cc1ccc(C(F)(F)F)c(F)c1. The molecule has 1 aromatic carbocycles. The van der Waals surface area contributed by atoms with Gasteiger partial charge >= 0.3 is 6.18 Å². The van der Waals surface area contributed by atoms with Crippen molar-refractivity contribution in [3.05, 3.63) is 35.1 Å². The number of rotatable bonds is 2. The Hall–Kier alpha value is -1.10. The number of nitrogens with two attached hydrogens (primary N) is 1. The van der Waals surface area contributed by atoms with Gasteiger partial charge in [0, 0.05) is 5.54 Å². The molecule has 0 heterocycles. The summed E-state index contributed by atoms with van der Waals surface area (Å²) in [6.45, 7) is 3.45. The van der Waals surface area contributed by atoms with Crippen LogP contribution in [0.4, 0.5) is 17.6 Å². The van der Waals surface area contributed by atoms with E-state index in [1.165, 1.54) is 6.07 Å². The maximum atomic E-state index is 13.2. The second-order valence-electron chi connectivity index (χ2n) is 4.48. The Morgan fingerprint density at radius 3 is 2.12 bits per heavy atom. The quantitative estimate of drug-likeness (QED) is 0.783. The van der Waals surface area contributed by atoms with Gasteiger partial charge < -0.3 is 5.73 Å². The van der Waals surface area contributed by atoms with E-state index < -0.39 is 23.1 Å². The molecule has 2 N–H and O–H groups in total. The summed E-state index contributed by atoms with van der Waals surface area (Å²) in [6, 6.07) is 2.88. The second kappa shape index (κ2) is 4.05. The van der Waals surface area contributed by atoms with Crippen LogP contribution in [0.1, 0.15) is 25.0 Å². The van der Waals surface area contributed by atoms with Gasteiger partial charge in [0.1, 0.15) is 5.82 Å². The van der Waals surface area contributed by atoms with Crippen molar-refractivity contribution >= 4 is 0 Å². The summed E-state index contributed by atoms with van der Waals surface area (Å²) in [4.78, 5) is 0. The van der Waals surface area contributed by atoms with E-state index in [0.29, 0.717) is 12.0 Å². The molecule has 1 rings (SSSR count). The summed E-state index contributed by atoms with van der Waals surface area (Å²) in [5, 5.41) is 0. The predicted octanol–water partition coefficient (Wildman–Crippen LogP) is 3.12. The summed E-state index contributed by atoms with van der Waals surface area (Å²) in [6.07, 6.45) is -4.33. The monoisotopic (exact) mass is 235 g/mol. The van der Waals surface area contributed by atoms with Gasteiger partial charge in [-0.15, -0.1) is 0 Å². The maximum Gasteiger partial charge on any atom is 0.419 e. The molecular weight excluding hydrogens is 222 g/mol. The molecule has 0 aliphatic carbocycles. The lowest BCUT2D eigenvalue weighted by atomic mass is 9.95. The zero-order valence-corrected chi connectivity index (χ0v) is 9.03. The molecule has 0 spiro atoms. The number of alkyl halides is 3. The Balaban J connectivity index is 3.01. The molecule has 0 unspecified atom stereocenters. The standard InChI is InChI=1S/C11H13F4N/c1-10(2,16)6-7-3-4-8(9(12)5-7)11(13,14)15/h3-5H,6,16H2,1-2H3. The van der Waals surface area contributed by atoms with Gasteiger partial charge in [0.2, 0.25) is 0 Å². The van der Waals surface area contributed by atoms with Crippen LogP contribution in [0.5, 0.6) is 0 Å². The average molecular weight is 235 g/mol. The number of halogens is 4. The molecular formula is C11H13F4N. The first-order valence-corrected chi connectivity index (χ1v) is 4.74. The minimum Gasteiger partial charge on any atom is -0.325 e. The van der Waals surface area contributed by atoms with Crippen LogP contribution in [-0.4, -0.2) is 5.54 Å². The Labute approximate surface area is 91.3 Å². The van der Waals surface area contributed by atoms with Crippen LogP contribution in [-0.2, 0) is 12.6 Å². The summed E-state index contributed by atoms with van der Waals surface area (Å²) >= 11 is 0. The lowest BCUT2D eigenvalue weighted by molar-refractivity contribution is -0.140. The molecule has 0 radical (unpaired) electrons. The second-order valence-corrected chi connectivity index (χ2v) is 4.48. The molecule has 1 aromatic rings.